The number of carboxylic acid groups (broad SMARTS) is 1. The van der Waals surface area contributed by atoms with Crippen LogP contribution in [0.4, 0.5) is 10.5 Å². The van der Waals surface area contributed by atoms with Gasteiger partial charge in [-0.3, -0.25) is 0 Å². The summed E-state index contributed by atoms with van der Waals surface area (Å²) in [6, 6.07) is 5.49. The first-order valence-corrected chi connectivity index (χ1v) is 6.41. The molecule has 0 spiro atoms. The molecule has 2 rings (SSSR count). The Morgan fingerprint density at radius 2 is 2.14 bits per heavy atom. The Morgan fingerprint density at radius 3 is 2.76 bits per heavy atom. The number of carbonyl (C=O) groups excluding carboxylic acids is 1. The van der Waals surface area contributed by atoms with Crippen molar-refractivity contribution in [2.45, 2.75) is 6.54 Å². The monoisotopic (exact) mass is 308 g/mol. The molecular formula is C14H13ClN2O4. The molecule has 0 atom stereocenters. The highest BCUT2D eigenvalue weighted by atomic mass is 35.5. The number of rotatable bonds is 4. The molecule has 0 bridgehead atoms. The highest BCUT2D eigenvalue weighted by Crippen LogP contribution is 2.21. The highest BCUT2D eigenvalue weighted by Gasteiger charge is 2.15. The van der Waals surface area contributed by atoms with Gasteiger partial charge in [-0.25, -0.2) is 9.59 Å². The number of amides is 2. The smallest absolute Gasteiger partial charge is 0.337 e. The minimum atomic E-state index is -1.14. The molecule has 1 aromatic heterocycles. The van der Waals surface area contributed by atoms with Crippen LogP contribution >= 0.6 is 11.6 Å². The van der Waals surface area contributed by atoms with Gasteiger partial charge in [0.15, 0.2) is 0 Å². The first-order chi connectivity index (χ1) is 9.97. The number of benzene rings is 1. The van der Waals surface area contributed by atoms with Gasteiger partial charge in [-0.2, -0.15) is 0 Å². The maximum atomic E-state index is 12.1. The average molecular weight is 309 g/mol. The number of hydrogen-bond donors (Lipinski definition) is 2. The third-order valence-corrected chi connectivity index (χ3v) is 3.04. The molecule has 1 heterocycles. The topological polar surface area (TPSA) is 82.8 Å². The second-order valence-corrected chi connectivity index (χ2v) is 4.85. The molecule has 6 nitrogen and oxygen atoms in total. The Balaban J connectivity index is 2.11. The van der Waals surface area contributed by atoms with Gasteiger partial charge in [0.1, 0.15) is 0 Å². The zero-order valence-electron chi connectivity index (χ0n) is 11.2. The first kappa shape index (κ1) is 14.9. The SMILES string of the molecule is CN(Cc1ccoc1)C(=O)Nc1cc(Cl)ccc1C(=O)O. The van der Waals surface area contributed by atoms with Gasteiger partial charge in [0.2, 0.25) is 0 Å². The third-order valence-electron chi connectivity index (χ3n) is 2.80. The molecule has 110 valence electrons. The zero-order chi connectivity index (χ0) is 15.4. The molecule has 7 heteroatoms. The molecular weight excluding hydrogens is 296 g/mol. The molecule has 0 saturated carbocycles. The summed E-state index contributed by atoms with van der Waals surface area (Å²) in [5.41, 5.74) is 0.959. The number of furan rings is 1. The van der Waals surface area contributed by atoms with Crippen LogP contribution in [0, 0.1) is 0 Å². The predicted octanol–water partition coefficient (Wildman–Crippen LogP) is 3.30. The highest BCUT2D eigenvalue weighted by molar-refractivity contribution is 6.31. The molecule has 0 unspecified atom stereocenters. The number of urea groups is 1. The Labute approximate surface area is 125 Å². The van der Waals surface area contributed by atoms with Crippen LogP contribution in [0.1, 0.15) is 15.9 Å². The van der Waals surface area contributed by atoms with E-state index in [4.69, 9.17) is 21.1 Å². The lowest BCUT2D eigenvalue weighted by atomic mass is 10.2. The molecule has 0 fully saturated rings. The van der Waals surface area contributed by atoms with E-state index in [0.29, 0.717) is 11.6 Å². The minimum Gasteiger partial charge on any atom is -0.478 e. The van der Waals surface area contributed by atoms with Crippen molar-refractivity contribution >= 4 is 29.3 Å². The lowest BCUT2D eigenvalue weighted by molar-refractivity contribution is 0.0698. The van der Waals surface area contributed by atoms with Gasteiger partial charge in [0.05, 0.1) is 30.3 Å². The zero-order valence-corrected chi connectivity index (χ0v) is 11.9. The van der Waals surface area contributed by atoms with E-state index < -0.39 is 12.0 Å². The molecule has 0 saturated heterocycles. The van der Waals surface area contributed by atoms with E-state index in [9.17, 15) is 9.59 Å². The van der Waals surface area contributed by atoms with E-state index in [2.05, 4.69) is 5.32 Å². The molecule has 0 aliphatic carbocycles. The molecule has 2 N–H and O–H groups in total. The van der Waals surface area contributed by atoms with Crippen molar-refractivity contribution in [2.75, 3.05) is 12.4 Å². The Hall–Kier alpha value is -2.47. The lowest BCUT2D eigenvalue weighted by Crippen LogP contribution is -2.31. The van der Waals surface area contributed by atoms with Crippen LogP contribution in [0.3, 0.4) is 0 Å². The quantitative estimate of drug-likeness (QED) is 0.908. The van der Waals surface area contributed by atoms with Crippen molar-refractivity contribution in [3.8, 4) is 0 Å². The Bertz CT molecular complexity index is 655. The molecule has 2 amide bonds. The molecule has 0 aliphatic heterocycles. The number of nitrogens with one attached hydrogen (secondary N) is 1. The van der Waals surface area contributed by atoms with Crippen LogP contribution in [-0.2, 0) is 6.54 Å². The summed E-state index contributed by atoms with van der Waals surface area (Å²) >= 11 is 5.83. The summed E-state index contributed by atoms with van der Waals surface area (Å²) in [7, 11) is 1.59. The lowest BCUT2D eigenvalue weighted by Gasteiger charge is -2.18. The molecule has 1 aromatic carbocycles. The van der Waals surface area contributed by atoms with E-state index in [1.807, 2.05) is 0 Å². The van der Waals surface area contributed by atoms with E-state index in [0.717, 1.165) is 5.56 Å². The fraction of sp³-hybridized carbons (Fsp3) is 0.143. The summed E-state index contributed by atoms with van der Waals surface area (Å²) < 4.78 is 4.93. The number of carbonyl (C=O) groups is 2. The standard InChI is InChI=1S/C14H13ClN2O4/c1-17(7-9-4-5-21-8-9)14(20)16-12-6-10(15)2-3-11(12)13(18)19/h2-6,8H,7H2,1H3,(H,16,20)(H,18,19). The molecule has 2 aromatic rings. The molecule has 21 heavy (non-hydrogen) atoms. The third kappa shape index (κ3) is 3.76. The normalized spacial score (nSPS) is 10.2. The van der Waals surface area contributed by atoms with Crippen molar-refractivity contribution in [3.05, 3.63) is 52.9 Å². The van der Waals surface area contributed by atoms with Gasteiger partial charge < -0.3 is 19.7 Å². The van der Waals surface area contributed by atoms with E-state index >= 15 is 0 Å². The van der Waals surface area contributed by atoms with Crippen molar-refractivity contribution in [1.82, 2.24) is 4.90 Å². The van der Waals surface area contributed by atoms with Crippen LogP contribution in [0.25, 0.3) is 0 Å². The Kier molecular flexibility index (Phi) is 4.49. The average Bonchev–Trinajstić information content (AvgIpc) is 2.91. The number of carboxylic acids is 1. The maximum absolute atomic E-state index is 12.1. The second kappa shape index (κ2) is 6.32. The van der Waals surface area contributed by atoms with Crippen molar-refractivity contribution in [2.24, 2.45) is 0 Å². The fourth-order valence-electron chi connectivity index (χ4n) is 1.75. The van der Waals surface area contributed by atoms with Crippen LogP contribution < -0.4 is 5.32 Å². The fourth-order valence-corrected chi connectivity index (χ4v) is 1.92. The van der Waals surface area contributed by atoms with Gasteiger partial charge in [-0.1, -0.05) is 11.6 Å². The Morgan fingerprint density at radius 1 is 1.38 bits per heavy atom. The first-order valence-electron chi connectivity index (χ1n) is 6.03. The summed E-state index contributed by atoms with van der Waals surface area (Å²) in [5.74, 6) is -1.14. The predicted molar refractivity (Wildman–Crippen MR) is 77.6 cm³/mol. The van der Waals surface area contributed by atoms with E-state index in [1.165, 1.54) is 35.6 Å². The van der Waals surface area contributed by atoms with Gasteiger partial charge in [0, 0.05) is 17.6 Å². The number of halogens is 1. The summed E-state index contributed by atoms with van der Waals surface area (Å²) in [6.07, 6.45) is 3.05. The van der Waals surface area contributed by atoms with Gasteiger partial charge in [-0.05, 0) is 24.3 Å². The van der Waals surface area contributed by atoms with Gasteiger partial charge in [0.25, 0.3) is 0 Å². The minimum absolute atomic E-state index is 0.0236. The molecule has 0 radical (unpaired) electrons. The molecule has 0 aliphatic rings. The summed E-state index contributed by atoms with van der Waals surface area (Å²) in [6.45, 7) is 0.339. The van der Waals surface area contributed by atoms with Crippen LogP contribution in [0.2, 0.25) is 5.02 Å². The van der Waals surface area contributed by atoms with Crippen LogP contribution in [0.15, 0.2) is 41.2 Å². The number of hydrogen-bond acceptors (Lipinski definition) is 3. The summed E-state index contributed by atoms with van der Waals surface area (Å²) in [4.78, 5) is 24.6. The largest absolute Gasteiger partial charge is 0.478 e. The van der Waals surface area contributed by atoms with Gasteiger partial charge in [-0.15, -0.1) is 0 Å². The van der Waals surface area contributed by atoms with Crippen molar-refractivity contribution in [1.29, 1.82) is 0 Å². The number of aromatic carboxylic acids is 1. The van der Waals surface area contributed by atoms with Crippen LogP contribution in [0.5, 0.6) is 0 Å². The van der Waals surface area contributed by atoms with Crippen molar-refractivity contribution in [3.63, 3.8) is 0 Å². The maximum Gasteiger partial charge on any atom is 0.337 e. The van der Waals surface area contributed by atoms with E-state index in [1.54, 1.807) is 13.1 Å². The van der Waals surface area contributed by atoms with Crippen LogP contribution in [-0.4, -0.2) is 29.1 Å². The van der Waals surface area contributed by atoms with Crippen molar-refractivity contribution < 1.29 is 19.1 Å². The number of nitrogens with zero attached hydrogens (tertiary/aromatic N) is 1. The summed E-state index contributed by atoms with van der Waals surface area (Å²) in [5, 5.41) is 12.0. The second-order valence-electron chi connectivity index (χ2n) is 4.41. The number of anilines is 1. The van der Waals surface area contributed by atoms with E-state index in [-0.39, 0.29) is 11.3 Å². The van der Waals surface area contributed by atoms with Gasteiger partial charge >= 0.3 is 12.0 Å².